The third kappa shape index (κ3) is 3.19. The van der Waals surface area contributed by atoms with Crippen molar-refractivity contribution >= 4 is 10.0 Å². The zero-order valence-corrected chi connectivity index (χ0v) is 11.3. The Morgan fingerprint density at radius 2 is 2.37 bits per heavy atom. The summed E-state index contributed by atoms with van der Waals surface area (Å²) in [7, 11) is -3.65. The quantitative estimate of drug-likeness (QED) is 0.656. The standard InChI is InChI=1S/C10H16N6O2S/c1-8(7-16-4-2-3-13-16)15-19(17,18)10-9(5-11)6-12-14-10/h2-4,6,8,15H,5,7,11H2,1H3,(H,12,14). The zero-order valence-electron chi connectivity index (χ0n) is 10.4. The van der Waals surface area contributed by atoms with Crippen molar-refractivity contribution < 1.29 is 8.42 Å². The van der Waals surface area contributed by atoms with Crippen LogP contribution in [0.5, 0.6) is 0 Å². The molecule has 2 aromatic heterocycles. The van der Waals surface area contributed by atoms with E-state index in [0.29, 0.717) is 12.1 Å². The van der Waals surface area contributed by atoms with Crippen LogP contribution >= 0.6 is 0 Å². The fraction of sp³-hybridized carbons (Fsp3) is 0.400. The highest BCUT2D eigenvalue weighted by molar-refractivity contribution is 7.89. The van der Waals surface area contributed by atoms with Gasteiger partial charge in [-0.25, -0.2) is 13.1 Å². The van der Waals surface area contributed by atoms with Crippen LogP contribution in [0.15, 0.2) is 29.7 Å². The predicted octanol–water partition coefficient (Wildman–Crippen LogP) is -0.568. The van der Waals surface area contributed by atoms with Gasteiger partial charge in [0.15, 0.2) is 5.03 Å². The van der Waals surface area contributed by atoms with Gasteiger partial charge in [-0.1, -0.05) is 0 Å². The van der Waals surface area contributed by atoms with E-state index in [1.54, 1.807) is 30.1 Å². The van der Waals surface area contributed by atoms with E-state index in [1.807, 2.05) is 0 Å². The van der Waals surface area contributed by atoms with Crippen molar-refractivity contribution in [2.75, 3.05) is 0 Å². The van der Waals surface area contributed by atoms with Crippen LogP contribution in [-0.4, -0.2) is 34.4 Å². The van der Waals surface area contributed by atoms with Crippen molar-refractivity contribution in [3.05, 3.63) is 30.2 Å². The van der Waals surface area contributed by atoms with Gasteiger partial charge < -0.3 is 5.73 Å². The molecule has 0 bridgehead atoms. The molecule has 0 aromatic carbocycles. The molecular weight excluding hydrogens is 268 g/mol. The fourth-order valence-corrected chi connectivity index (χ4v) is 3.10. The number of nitrogens with one attached hydrogen (secondary N) is 2. The number of H-pyrrole nitrogens is 1. The second-order valence-corrected chi connectivity index (χ2v) is 5.83. The van der Waals surface area contributed by atoms with Gasteiger partial charge in [-0.3, -0.25) is 9.78 Å². The van der Waals surface area contributed by atoms with E-state index in [9.17, 15) is 8.42 Å². The van der Waals surface area contributed by atoms with Crippen LogP contribution in [0.25, 0.3) is 0 Å². The molecule has 0 saturated carbocycles. The number of sulfonamides is 1. The molecule has 1 unspecified atom stereocenters. The van der Waals surface area contributed by atoms with Gasteiger partial charge >= 0.3 is 0 Å². The third-order valence-corrected chi connectivity index (χ3v) is 4.15. The summed E-state index contributed by atoms with van der Waals surface area (Å²) in [5.41, 5.74) is 5.92. The SMILES string of the molecule is CC(Cn1cccn1)NS(=O)(=O)c1[nH]ncc1CN. The summed E-state index contributed by atoms with van der Waals surface area (Å²) < 4.78 is 28.5. The van der Waals surface area contributed by atoms with Gasteiger partial charge in [-0.2, -0.15) is 10.2 Å². The molecule has 4 N–H and O–H groups in total. The van der Waals surface area contributed by atoms with E-state index in [-0.39, 0.29) is 17.6 Å². The number of hydrogen-bond acceptors (Lipinski definition) is 5. The molecule has 19 heavy (non-hydrogen) atoms. The molecule has 8 nitrogen and oxygen atoms in total. The first-order valence-corrected chi connectivity index (χ1v) is 7.23. The van der Waals surface area contributed by atoms with E-state index in [4.69, 9.17) is 5.73 Å². The third-order valence-electron chi connectivity index (χ3n) is 2.54. The molecule has 0 fully saturated rings. The largest absolute Gasteiger partial charge is 0.326 e. The highest BCUT2D eigenvalue weighted by atomic mass is 32.2. The summed E-state index contributed by atoms with van der Waals surface area (Å²) in [4.78, 5) is 0. The molecule has 2 rings (SSSR count). The minimum atomic E-state index is -3.65. The Kier molecular flexibility index (Phi) is 3.98. The van der Waals surface area contributed by atoms with Gasteiger partial charge in [-0.15, -0.1) is 0 Å². The summed E-state index contributed by atoms with van der Waals surface area (Å²) in [5, 5.41) is 10.2. The number of aromatic amines is 1. The van der Waals surface area contributed by atoms with Crippen LogP contribution in [0.4, 0.5) is 0 Å². The number of nitrogens with two attached hydrogens (primary N) is 1. The van der Waals surface area contributed by atoms with Crippen LogP contribution < -0.4 is 10.5 Å². The molecule has 0 aliphatic rings. The molecule has 2 aromatic rings. The molecule has 9 heteroatoms. The molecule has 0 aliphatic carbocycles. The highest BCUT2D eigenvalue weighted by Crippen LogP contribution is 2.11. The Labute approximate surface area is 111 Å². The monoisotopic (exact) mass is 284 g/mol. The molecule has 0 saturated heterocycles. The minimum absolute atomic E-state index is 0.0160. The van der Waals surface area contributed by atoms with E-state index in [0.717, 1.165) is 0 Å². The van der Waals surface area contributed by atoms with Crippen molar-refractivity contribution in [3.63, 3.8) is 0 Å². The number of nitrogens with zero attached hydrogens (tertiary/aromatic N) is 3. The van der Waals surface area contributed by atoms with Gasteiger partial charge in [0.25, 0.3) is 10.0 Å². The summed E-state index contributed by atoms with van der Waals surface area (Å²) in [6.45, 7) is 2.32. The van der Waals surface area contributed by atoms with Crippen molar-refractivity contribution in [2.24, 2.45) is 5.73 Å². The first-order valence-electron chi connectivity index (χ1n) is 5.75. The Morgan fingerprint density at radius 1 is 1.58 bits per heavy atom. The molecule has 1 atom stereocenters. The lowest BCUT2D eigenvalue weighted by Gasteiger charge is -2.14. The highest BCUT2D eigenvalue weighted by Gasteiger charge is 2.22. The van der Waals surface area contributed by atoms with E-state index >= 15 is 0 Å². The van der Waals surface area contributed by atoms with E-state index in [2.05, 4.69) is 20.0 Å². The molecule has 104 valence electrons. The zero-order chi connectivity index (χ0) is 13.9. The first-order chi connectivity index (χ1) is 9.03. The van der Waals surface area contributed by atoms with Crippen LogP contribution in [0.1, 0.15) is 12.5 Å². The van der Waals surface area contributed by atoms with Crippen LogP contribution in [0.3, 0.4) is 0 Å². The number of rotatable bonds is 6. The van der Waals surface area contributed by atoms with Gasteiger partial charge in [0.2, 0.25) is 0 Å². The van der Waals surface area contributed by atoms with Crippen LogP contribution in [0, 0.1) is 0 Å². The molecular formula is C10H16N6O2S. The summed E-state index contributed by atoms with van der Waals surface area (Å²) in [6.07, 6.45) is 4.82. The van der Waals surface area contributed by atoms with Crippen LogP contribution in [-0.2, 0) is 23.1 Å². The lowest BCUT2D eigenvalue weighted by molar-refractivity contribution is 0.492. The maximum atomic E-state index is 12.1. The fourth-order valence-electron chi connectivity index (χ4n) is 1.73. The average Bonchev–Trinajstić information content (AvgIpc) is 2.97. The van der Waals surface area contributed by atoms with Crippen molar-refractivity contribution in [1.29, 1.82) is 0 Å². The Morgan fingerprint density at radius 3 is 3.00 bits per heavy atom. The number of aromatic nitrogens is 4. The molecule has 2 heterocycles. The summed E-state index contributed by atoms with van der Waals surface area (Å²) in [5.74, 6) is 0. The van der Waals surface area contributed by atoms with Gasteiger partial charge in [0.1, 0.15) is 0 Å². The lowest BCUT2D eigenvalue weighted by Crippen LogP contribution is -2.36. The van der Waals surface area contributed by atoms with E-state index in [1.165, 1.54) is 6.20 Å². The molecule has 0 radical (unpaired) electrons. The Balaban J connectivity index is 2.09. The van der Waals surface area contributed by atoms with Crippen molar-refractivity contribution in [1.82, 2.24) is 24.7 Å². The van der Waals surface area contributed by atoms with Crippen molar-refractivity contribution in [3.8, 4) is 0 Å². The van der Waals surface area contributed by atoms with Gasteiger partial charge in [0.05, 0.1) is 12.7 Å². The lowest BCUT2D eigenvalue weighted by atomic mass is 10.4. The smallest absolute Gasteiger partial charge is 0.258 e. The van der Waals surface area contributed by atoms with E-state index < -0.39 is 10.0 Å². The minimum Gasteiger partial charge on any atom is -0.326 e. The van der Waals surface area contributed by atoms with Gasteiger partial charge in [0, 0.05) is 30.5 Å². The maximum absolute atomic E-state index is 12.1. The summed E-state index contributed by atoms with van der Waals surface area (Å²) >= 11 is 0. The Bertz CT molecular complexity index is 618. The molecule has 0 aliphatic heterocycles. The predicted molar refractivity (Wildman–Crippen MR) is 68.5 cm³/mol. The maximum Gasteiger partial charge on any atom is 0.258 e. The van der Waals surface area contributed by atoms with Gasteiger partial charge in [-0.05, 0) is 13.0 Å². The van der Waals surface area contributed by atoms with Crippen molar-refractivity contribution in [2.45, 2.75) is 31.1 Å². The topological polar surface area (TPSA) is 119 Å². The second kappa shape index (κ2) is 5.51. The molecule has 0 spiro atoms. The second-order valence-electron chi connectivity index (χ2n) is 4.18. The number of hydrogen-bond donors (Lipinski definition) is 3. The van der Waals surface area contributed by atoms with Crippen LogP contribution in [0.2, 0.25) is 0 Å². The first kappa shape index (κ1) is 13.7. The molecule has 0 amide bonds. The Hall–Kier alpha value is -1.71. The normalized spacial score (nSPS) is 13.6. The summed E-state index contributed by atoms with van der Waals surface area (Å²) in [6, 6.07) is 1.47. The average molecular weight is 284 g/mol.